The normalized spacial score (nSPS) is 11.1. The topological polar surface area (TPSA) is 92.8 Å². The summed E-state index contributed by atoms with van der Waals surface area (Å²) in [7, 11) is 1.52. The molecule has 7 nitrogen and oxygen atoms in total. The Bertz CT molecular complexity index is 1720. The molecule has 0 saturated heterocycles. The van der Waals surface area contributed by atoms with Crippen LogP contribution in [0.25, 0.3) is 22.0 Å². The van der Waals surface area contributed by atoms with Crippen LogP contribution in [0.15, 0.2) is 101 Å². The lowest BCUT2D eigenvalue weighted by molar-refractivity contribution is 0.0733. The van der Waals surface area contributed by atoms with Crippen molar-refractivity contribution < 1.29 is 19.1 Å². The van der Waals surface area contributed by atoms with E-state index < -0.39 is 11.9 Å². The number of methoxy groups -OCH3 is 1. The number of rotatable bonds is 7. The van der Waals surface area contributed by atoms with E-state index in [0.717, 1.165) is 15.4 Å². The highest BCUT2D eigenvalue weighted by molar-refractivity contribution is 9.10. The highest BCUT2D eigenvalue weighted by Crippen LogP contribution is 2.37. The predicted molar refractivity (Wildman–Crippen MR) is 156 cm³/mol. The molecular formula is C30H21BrClN3O4. The molecule has 0 saturated carbocycles. The summed E-state index contributed by atoms with van der Waals surface area (Å²) in [5, 5.41) is 5.41. The maximum atomic E-state index is 13.3. The van der Waals surface area contributed by atoms with Gasteiger partial charge >= 0.3 is 5.97 Å². The SMILES string of the molecule is COc1cccc(C(=O)Oc2ccccc2C=NNC(=O)c2[nH]c3c(Cl)cc(Br)cc3c2-c2ccccc2)c1. The number of nitrogens with zero attached hydrogens (tertiary/aromatic N) is 1. The second kappa shape index (κ2) is 11.6. The lowest BCUT2D eigenvalue weighted by atomic mass is 10.0. The van der Waals surface area contributed by atoms with Gasteiger partial charge in [-0.15, -0.1) is 0 Å². The number of fused-ring (bicyclic) bond motifs is 1. The molecule has 0 aliphatic heterocycles. The lowest BCUT2D eigenvalue weighted by Gasteiger charge is -2.08. The van der Waals surface area contributed by atoms with Crippen molar-refractivity contribution >= 4 is 56.5 Å². The largest absolute Gasteiger partial charge is 0.497 e. The number of amides is 1. The van der Waals surface area contributed by atoms with E-state index in [0.29, 0.717) is 38.7 Å². The standard InChI is InChI=1S/C30H21BrClN3O4/c1-38-22-12-7-11-19(14-22)30(37)39-25-13-6-5-10-20(25)17-33-35-29(36)28-26(18-8-3-2-4-9-18)23-15-21(31)16-24(32)27(23)34-28/h2-17,34H,1H3,(H,35,36). The summed E-state index contributed by atoms with van der Waals surface area (Å²) in [5.74, 6) is -0.176. The molecule has 39 heavy (non-hydrogen) atoms. The number of nitrogens with one attached hydrogen (secondary N) is 2. The van der Waals surface area contributed by atoms with Gasteiger partial charge < -0.3 is 14.5 Å². The molecule has 0 fully saturated rings. The number of H-pyrrole nitrogens is 1. The first-order valence-electron chi connectivity index (χ1n) is 11.8. The van der Waals surface area contributed by atoms with Gasteiger partial charge in [-0.3, -0.25) is 4.79 Å². The van der Waals surface area contributed by atoms with Crippen molar-refractivity contribution in [2.24, 2.45) is 5.10 Å². The van der Waals surface area contributed by atoms with E-state index in [-0.39, 0.29) is 5.75 Å². The summed E-state index contributed by atoms with van der Waals surface area (Å²) >= 11 is 9.96. The number of para-hydroxylation sites is 1. The number of carbonyl (C=O) groups excluding carboxylic acids is 2. The molecule has 1 aromatic heterocycles. The zero-order valence-corrected chi connectivity index (χ0v) is 22.9. The molecule has 194 valence electrons. The quantitative estimate of drug-likeness (QED) is 0.0889. The molecule has 2 N–H and O–H groups in total. The van der Waals surface area contributed by atoms with E-state index in [1.807, 2.05) is 36.4 Å². The predicted octanol–water partition coefficient (Wildman–Crippen LogP) is 7.24. The van der Waals surface area contributed by atoms with Crippen LogP contribution in [0.3, 0.4) is 0 Å². The fourth-order valence-electron chi connectivity index (χ4n) is 4.10. The Balaban J connectivity index is 1.40. The minimum absolute atomic E-state index is 0.288. The van der Waals surface area contributed by atoms with Crippen LogP contribution in [0, 0.1) is 0 Å². The fourth-order valence-corrected chi connectivity index (χ4v) is 4.96. The molecule has 0 radical (unpaired) electrons. The molecule has 0 atom stereocenters. The molecule has 0 unspecified atom stereocenters. The summed E-state index contributed by atoms with van der Waals surface area (Å²) in [4.78, 5) is 29.1. The first-order valence-corrected chi connectivity index (χ1v) is 13.0. The van der Waals surface area contributed by atoms with Crippen LogP contribution in [-0.2, 0) is 0 Å². The van der Waals surface area contributed by atoms with Gasteiger partial charge in [-0.25, -0.2) is 10.2 Å². The third-order valence-electron chi connectivity index (χ3n) is 5.91. The number of ether oxygens (including phenoxy) is 2. The minimum atomic E-state index is -0.549. The van der Waals surface area contributed by atoms with E-state index in [2.05, 4.69) is 31.4 Å². The van der Waals surface area contributed by atoms with Crippen LogP contribution in [-0.4, -0.2) is 30.2 Å². The maximum absolute atomic E-state index is 13.3. The lowest BCUT2D eigenvalue weighted by Crippen LogP contribution is -2.19. The Kier molecular flexibility index (Phi) is 7.76. The van der Waals surface area contributed by atoms with E-state index >= 15 is 0 Å². The zero-order chi connectivity index (χ0) is 27.4. The van der Waals surface area contributed by atoms with Gasteiger partial charge in [0.25, 0.3) is 5.91 Å². The number of halogens is 2. The average Bonchev–Trinajstić information content (AvgIpc) is 3.34. The van der Waals surface area contributed by atoms with Gasteiger partial charge in [0.05, 0.1) is 29.4 Å². The Morgan fingerprint density at radius 3 is 2.54 bits per heavy atom. The number of esters is 1. The fraction of sp³-hybridized carbons (Fsp3) is 0.0333. The third-order valence-corrected chi connectivity index (χ3v) is 6.67. The van der Waals surface area contributed by atoms with E-state index in [1.165, 1.54) is 13.3 Å². The molecule has 0 aliphatic carbocycles. The Morgan fingerprint density at radius 1 is 0.974 bits per heavy atom. The summed E-state index contributed by atoms with van der Waals surface area (Å²) in [6, 6.07) is 26.8. The first kappa shape index (κ1) is 26.2. The molecule has 0 aliphatic rings. The summed E-state index contributed by atoms with van der Waals surface area (Å²) in [6.45, 7) is 0. The highest BCUT2D eigenvalue weighted by Gasteiger charge is 2.21. The van der Waals surface area contributed by atoms with Crippen LogP contribution in [0.5, 0.6) is 11.5 Å². The van der Waals surface area contributed by atoms with Crippen molar-refractivity contribution in [1.29, 1.82) is 0 Å². The van der Waals surface area contributed by atoms with Crippen molar-refractivity contribution in [2.75, 3.05) is 7.11 Å². The van der Waals surface area contributed by atoms with Crippen molar-refractivity contribution in [3.8, 4) is 22.6 Å². The highest BCUT2D eigenvalue weighted by atomic mass is 79.9. The van der Waals surface area contributed by atoms with Crippen molar-refractivity contribution in [2.45, 2.75) is 0 Å². The molecular weight excluding hydrogens is 582 g/mol. The molecule has 9 heteroatoms. The summed E-state index contributed by atoms with van der Waals surface area (Å²) in [5.41, 5.74) is 5.91. The van der Waals surface area contributed by atoms with Crippen LogP contribution < -0.4 is 14.9 Å². The Labute approximate surface area is 237 Å². The molecule has 0 spiro atoms. The van der Waals surface area contributed by atoms with Gasteiger partial charge in [-0.05, 0) is 48.0 Å². The van der Waals surface area contributed by atoms with E-state index in [4.69, 9.17) is 21.1 Å². The van der Waals surface area contributed by atoms with Crippen LogP contribution in [0.4, 0.5) is 0 Å². The average molecular weight is 603 g/mol. The number of hydrogen-bond donors (Lipinski definition) is 2. The number of aromatic nitrogens is 1. The molecule has 1 amide bonds. The van der Waals surface area contributed by atoms with E-state index in [1.54, 1.807) is 54.6 Å². The molecule has 4 aromatic carbocycles. The number of benzene rings is 4. The van der Waals surface area contributed by atoms with Crippen LogP contribution in [0.1, 0.15) is 26.4 Å². The van der Waals surface area contributed by atoms with Gasteiger partial charge in [-0.1, -0.05) is 76.1 Å². The second-order valence-corrected chi connectivity index (χ2v) is 9.73. The number of hydrogen-bond acceptors (Lipinski definition) is 5. The number of hydrazone groups is 1. The smallest absolute Gasteiger partial charge is 0.343 e. The van der Waals surface area contributed by atoms with Gasteiger partial charge in [-0.2, -0.15) is 5.10 Å². The van der Waals surface area contributed by atoms with Gasteiger partial charge in [0.15, 0.2) is 0 Å². The Hall–Kier alpha value is -4.40. The maximum Gasteiger partial charge on any atom is 0.343 e. The number of carbonyl (C=O) groups is 2. The van der Waals surface area contributed by atoms with Crippen molar-refractivity contribution in [3.63, 3.8) is 0 Å². The monoisotopic (exact) mass is 601 g/mol. The second-order valence-electron chi connectivity index (χ2n) is 8.41. The zero-order valence-electron chi connectivity index (χ0n) is 20.6. The first-order chi connectivity index (χ1) is 18.9. The summed E-state index contributed by atoms with van der Waals surface area (Å²) in [6.07, 6.45) is 1.42. The molecule has 1 heterocycles. The van der Waals surface area contributed by atoms with E-state index in [9.17, 15) is 9.59 Å². The van der Waals surface area contributed by atoms with Crippen LogP contribution in [0.2, 0.25) is 5.02 Å². The van der Waals surface area contributed by atoms with Gasteiger partial charge in [0, 0.05) is 21.0 Å². The molecule has 0 bridgehead atoms. The molecule has 5 aromatic rings. The molecule has 5 rings (SSSR count). The van der Waals surface area contributed by atoms with Gasteiger partial charge in [0.1, 0.15) is 17.2 Å². The van der Waals surface area contributed by atoms with Gasteiger partial charge in [0.2, 0.25) is 0 Å². The minimum Gasteiger partial charge on any atom is -0.497 e. The van der Waals surface area contributed by atoms with Crippen molar-refractivity contribution in [3.05, 3.63) is 117 Å². The summed E-state index contributed by atoms with van der Waals surface area (Å²) < 4.78 is 11.6. The van der Waals surface area contributed by atoms with Crippen molar-refractivity contribution in [1.82, 2.24) is 10.4 Å². The third kappa shape index (κ3) is 5.72. The van der Waals surface area contributed by atoms with Crippen LogP contribution >= 0.6 is 27.5 Å². The number of aromatic amines is 1. The Morgan fingerprint density at radius 2 is 1.74 bits per heavy atom.